The molecule has 0 unspecified atom stereocenters. The first-order valence-corrected chi connectivity index (χ1v) is 3.96. The van der Waals surface area contributed by atoms with Crippen molar-refractivity contribution in [3.63, 3.8) is 0 Å². The zero-order chi connectivity index (χ0) is 8.24. The Morgan fingerprint density at radius 2 is 1.80 bits per heavy atom. The highest BCUT2D eigenvalue weighted by Gasteiger charge is 1.73. The summed E-state index contributed by atoms with van der Waals surface area (Å²) in [5.41, 5.74) is 0. The molecule has 0 aliphatic rings. The van der Waals surface area contributed by atoms with Gasteiger partial charge >= 0.3 is 0 Å². The number of unbranched alkanes of at least 4 members (excludes halogenated alkanes) is 1. The third-order valence-corrected chi connectivity index (χ3v) is 1.07. The van der Waals surface area contributed by atoms with E-state index in [-0.39, 0.29) is 0 Å². The molecule has 0 aliphatic heterocycles. The quantitative estimate of drug-likeness (QED) is 0.611. The summed E-state index contributed by atoms with van der Waals surface area (Å²) in [5.74, 6) is 0. The van der Waals surface area contributed by atoms with Gasteiger partial charge in [-0.1, -0.05) is 13.3 Å². The van der Waals surface area contributed by atoms with Crippen molar-refractivity contribution in [2.24, 2.45) is 0 Å². The fourth-order valence-electron chi connectivity index (χ4n) is 0.354. The van der Waals surface area contributed by atoms with Gasteiger partial charge in [0.05, 0.1) is 0 Å². The fourth-order valence-corrected chi connectivity index (χ4v) is 0.354. The topological polar surface area (TPSA) is 21.3 Å². The second-order valence-corrected chi connectivity index (χ2v) is 2.03. The minimum absolute atomic E-state index is 0.819. The highest BCUT2D eigenvalue weighted by molar-refractivity contribution is 4.34. The lowest BCUT2D eigenvalue weighted by Gasteiger charge is -1.89. The number of hydrogen-bond donors (Lipinski definition) is 1. The second-order valence-electron chi connectivity index (χ2n) is 2.03. The first-order chi connectivity index (χ1) is 4.83. The lowest BCUT2D eigenvalue weighted by molar-refractivity contribution is 0.215. The van der Waals surface area contributed by atoms with Crippen LogP contribution in [0.5, 0.6) is 0 Å². The summed E-state index contributed by atoms with van der Waals surface area (Å²) in [4.78, 5) is 0. The van der Waals surface area contributed by atoms with Gasteiger partial charge in [0, 0.05) is 13.7 Å². The highest BCUT2D eigenvalue weighted by Crippen LogP contribution is 1.79. The summed E-state index contributed by atoms with van der Waals surface area (Å²) in [6.07, 6.45) is 2.59. The Bertz CT molecular complexity index is 34.2. The molecule has 0 amide bonds. The van der Waals surface area contributed by atoms with Crippen molar-refractivity contribution in [1.29, 1.82) is 0 Å². The summed E-state index contributed by atoms with van der Waals surface area (Å²) in [6, 6.07) is 0. The molecular formula is C8H21NO. The maximum atomic E-state index is 4.54. The van der Waals surface area contributed by atoms with Crippen LogP contribution in [0.2, 0.25) is 0 Å². The van der Waals surface area contributed by atoms with Crippen LogP contribution in [0.4, 0.5) is 0 Å². The monoisotopic (exact) mass is 147 g/mol. The predicted molar refractivity (Wildman–Crippen MR) is 46.4 cm³/mol. The minimum Gasteiger partial charge on any atom is -0.385 e. The van der Waals surface area contributed by atoms with Crippen molar-refractivity contribution < 1.29 is 4.74 Å². The molecule has 0 fully saturated rings. The van der Waals surface area contributed by atoms with Gasteiger partial charge in [0.15, 0.2) is 0 Å². The number of rotatable bonds is 4. The first kappa shape index (κ1) is 12.6. The van der Waals surface area contributed by atoms with E-state index in [1.807, 2.05) is 14.0 Å². The van der Waals surface area contributed by atoms with Crippen LogP contribution in [0.1, 0.15) is 26.7 Å². The van der Waals surface area contributed by atoms with Gasteiger partial charge in [-0.15, -0.1) is 0 Å². The molecule has 0 heterocycles. The van der Waals surface area contributed by atoms with Gasteiger partial charge in [-0.25, -0.2) is 0 Å². The first-order valence-electron chi connectivity index (χ1n) is 3.96. The van der Waals surface area contributed by atoms with Gasteiger partial charge in [0.2, 0.25) is 0 Å². The van der Waals surface area contributed by atoms with Crippen LogP contribution in [0.25, 0.3) is 0 Å². The molecule has 0 rings (SSSR count). The van der Waals surface area contributed by atoms with Gasteiger partial charge in [0.25, 0.3) is 0 Å². The Balaban J connectivity index is 0. The smallest absolute Gasteiger partial charge is 0.0433 e. The van der Waals surface area contributed by atoms with E-state index < -0.39 is 0 Å². The third-order valence-electron chi connectivity index (χ3n) is 1.07. The summed E-state index contributed by atoms with van der Waals surface area (Å²) >= 11 is 0. The van der Waals surface area contributed by atoms with Crippen molar-refractivity contribution in [3.8, 4) is 0 Å². The van der Waals surface area contributed by atoms with Gasteiger partial charge in [0.1, 0.15) is 0 Å². The Morgan fingerprint density at radius 3 is 1.90 bits per heavy atom. The van der Waals surface area contributed by atoms with Crippen molar-refractivity contribution in [2.45, 2.75) is 26.7 Å². The van der Waals surface area contributed by atoms with E-state index in [2.05, 4.69) is 17.0 Å². The van der Waals surface area contributed by atoms with Crippen molar-refractivity contribution in [3.05, 3.63) is 0 Å². The van der Waals surface area contributed by atoms with Crippen LogP contribution in [0.3, 0.4) is 0 Å². The van der Waals surface area contributed by atoms with Crippen LogP contribution < -0.4 is 5.32 Å². The summed E-state index contributed by atoms with van der Waals surface area (Å²) in [5, 5.41) is 3.07. The van der Waals surface area contributed by atoms with Crippen LogP contribution >= 0.6 is 0 Å². The molecule has 0 saturated carbocycles. The van der Waals surface area contributed by atoms with E-state index in [4.69, 9.17) is 0 Å². The van der Waals surface area contributed by atoms with Crippen molar-refractivity contribution >= 4 is 0 Å². The van der Waals surface area contributed by atoms with E-state index in [0.29, 0.717) is 0 Å². The Hall–Kier alpha value is -0.0800. The molecule has 2 heteroatoms. The molecular weight excluding hydrogens is 126 g/mol. The molecule has 0 saturated heterocycles. The van der Waals surface area contributed by atoms with E-state index in [0.717, 1.165) is 13.2 Å². The molecule has 0 aliphatic carbocycles. The lowest BCUT2D eigenvalue weighted by atomic mass is 10.3. The average Bonchev–Trinajstić information content (AvgIpc) is 2.01. The normalized spacial score (nSPS) is 8.40. The van der Waals surface area contributed by atoms with Crippen LogP contribution in [0, 0.1) is 0 Å². The standard InChI is InChI=1S/C5H13N.C3H8O/c1-3-4-5-6-2;1-3-4-2/h6H,3-5H2,1-2H3;3H2,1-2H3. The molecule has 0 aromatic rings. The summed E-state index contributed by atoms with van der Waals surface area (Å²) < 4.78 is 4.54. The van der Waals surface area contributed by atoms with Crippen molar-refractivity contribution in [1.82, 2.24) is 5.32 Å². The minimum atomic E-state index is 0.819. The molecule has 0 atom stereocenters. The van der Waals surface area contributed by atoms with Crippen LogP contribution in [0.15, 0.2) is 0 Å². The molecule has 0 aromatic heterocycles. The SMILES string of the molecule is CCCCNC.CCOC. The largest absolute Gasteiger partial charge is 0.385 e. The lowest BCUT2D eigenvalue weighted by Crippen LogP contribution is -2.06. The molecule has 10 heavy (non-hydrogen) atoms. The predicted octanol–water partition coefficient (Wildman–Crippen LogP) is 1.66. The number of hydrogen-bond acceptors (Lipinski definition) is 2. The molecule has 0 spiro atoms. The number of methoxy groups -OCH3 is 1. The summed E-state index contributed by atoms with van der Waals surface area (Å²) in [7, 11) is 3.66. The molecule has 64 valence electrons. The van der Waals surface area contributed by atoms with Crippen LogP contribution in [-0.4, -0.2) is 27.3 Å². The maximum absolute atomic E-state index is 4.54. The number of ether oxygens (including phenoxy) is 1. The fraction of sp³-hybridized carbons (Fsp3) is 1.00. The van der Waals surface area contributed by atoms with E-state index in [1.54, 1.807) is 7.11 Å². The van der Waals surface area contributed by atoms with Gasteiger partial charge < -0.3 is 10.1 Å². The summed E-state index contributed by atoms with van der Waals surface area (Å²) in [6.45, 7) is 6.13. The second kappa shape index (κ2) is 16.0. The molecule has 1 N–H and O–H groups in total. The van der Waals surface area contributed by atoms with E-state index in [1.165, 1.54) is 12.8 Å². The van der Waals surface area contributed by atoms with Gasteiger partial charge in [-0.05, 0) is 26.9 Å². The molecule has 0 aromatic carbocycles. The maximum Gasteiger partial charge on any atom is 0.0433 e. The van der Waals surface area contributed by atoms with Crippen molar-refractivity contribution in [2.75, 3.05) is 27.3 Å². The molecule has 0 bridgehead atoms. The van der Waals surface area contributed by atoms with Gasteiger partial charge in [-0.3, -0.25) is 0 Å². The van der Waals surface area contributed by atoms with E-state index in [9.17, 15) is 0 Å². The average molecular weight is 147 g/mol. The molecule has 0 radical (unpaired) electrons. The Kier molecular flexibility index (Phi) is 20.1. The zero-order valence-electron chi connectivity index (χ0n) is 7.74. The third kappa shape index (κ3) is 24.7. The highest BCUT2D eigenvalue weighted by atomic mass is 16.5. The zero-order valence-corrected chi connectivity index (χ0v) is 7.74. The Labute approximate surface area is 65.0 Å². The van der Waals surface area contributed by atoms with Gasteiger partial charge in [-0.2, -0.15) is 0 Å². The Morgan fingerprint density at radius 1 is 1.30 bits per heavy atom. The number of nitrogens with one attached hydrogen (secondary N) is 1. The van der Waals surface area contributed by atoms with Crippen LogP contribution in [-0.2, 0) is 4.74 Å². The van der Waals surface area contributed by atoms with E-state index >= 15 is 0 Å². The molecule has 2 nitrogen and oxygen atoms in total.